The minimum absolute atomic E-state index is 0.133. The number of esters is 1. The lowest BCUT2D eigenvalue weighted by atomic mass is 10.1. The standard InChI is InChI=1S/C19H16N2O3/c1-2-3-11-23-19(22)15-8-4-5-9-17(15)24-18-10-6-7-14(12-20)16(18)13-21/h4-10H,2-3,11H2,1H3. The average molecular weight is 320 g/mol. The molecule has 0 heterocycles. The molecule has 0 unspecified atom stereocenters. The lowest BCUT2D eigenvalue weighted by Crippen LogP contribution is -2.08. The fraction of sp³-hybridized carbons (Fsp3) is 0.211. The highest BCUT2D eigenvalue weighted by molar-refractivity contribution is 5.92. The Kier molecular flexibility index (Phi) is 5.94. The molecule has 0 spiro atoms. The van der Waals surface area contributed by atoms with Gasteiger partial charge in [-0.2, -0.15) is 10.5 Å². The Bertz CT molecular complexity index is 816. The van der Waals surface area contributed by atoms with Crippen molar-refractivity contribution in [3.05, 3.63) is 59.2 Å². The van der Waals surface area contributed by atoms with Gasteiger partial charge < -0.3 is 9.47 Å². The van der Waals surface area contributed by atoms with Crippen molar-refractivity contribution >= 4 is 5.97 Å². The molecule has 0 aromatic heterocycles. The van der Waals surface area contributed by atoms with Gasteiger partial charge in [0.05, 0.1) is 12.2 Å². The minimum Gasteiger partial charge on any atom is -0.462 e. The van der Waals surface area contributed by atoms with Gasteiger partial charge in [-0.25, -0.2) is 4.79 Å². The summed E-state index contributed by atoms with van der Waals surface area (Å²) in [5, 5.41) is 18.3. The van der Waals surface area contributed by atoms with Crippen LogP contribution < -0.4 is 4.74 Å². The number of hydrogen-bond acceptors (Lipinski definition) is 5. The molecule has 24 heavy (non-hydrogen) atoms. The van der Waals surface area contributed by atoms with Gasteiger partial charge in [0.25, 0.3) is 0 Å². The number of nitrogens with zero attached hydrogens (tertiary/aromatic N) is 2. The molecule has 5 heteroatoms. The summed E-state index contributed by atoms with van der Waals surface area (Å²) in [5.74, 6) is 0.0324. The first-order valence-corrected chi connectivity index (χ1v) is 7.58. The molecule has 2 aromatic carbocycles. The molecule has 0 saturated heterocycles. The van der Waals surface area contributed by atoms with Gasteiger partial charge in [-0.1, -0.05) is 31.5 Å². The number of nitriles is 2. The number of rotatable bonds is 6. The van der Waals surface area contributed by atoms with Crippen molar-refractivity contribution in [2.75, 3.05) is 6.61 Å². The van der Waals surface area contributed by atoms with E-state index in [0.717, 1.165) is 12.8 Å². The van der Waals surface area contributed by atoms with Gasteiger partial charge in [-0.05, 0) is 30.7 Å². The van der Waals surface area contributed by atoms with Gasteiger partial charge in [0.1, 0.15) is 34.8 Å². The molecular weight excluding hydrogens is 304 g/mol. The smallest absolute Gasteiger partial charge is 0.341 e. The quantitative estimate of drug-likeness (QED) is 0.589. The first-order valence-electron chi connectivity index (χ1n) is 7.58. The number of unbranched alkanes of at least 4 members (excludes halogenated alkanes) is 1. The Morgan fingerprint density at radius 3 is 2.50 bits per heavy atom. The van der Waals surface area contributed by atoms with E-state index in [1.807, 2.05) is 19.1 Å². The van der Waals surface area contributed by atoms with Crippen molar-refractivity contribution in [3.8, 4) is 23.6 Å². The maximum atomic E-state index is 12.2. The molecule has 0 aliphatic rings. The van der Waals surface area contributed by atoms with E-state index in [9.17, 15) is 10.1 Å². The van der Waals surface area contributed by atoms with Crippen molar-refractivity contribution in [2.24, 2.45) is 0 Å². The molecule has 120 valence electrons. The predicted octanol–water partition coefficient (Wildman–Crippen LogP) is 4.18. The molecule has 5 nitrogen and oxygen atoms in total. The molecule has 2 rings (SSSR count). The van der Waals surface area contributed by atoms with E-state index < -0.39 is 5.97 Å². The number of para-hydroxylation sites is 1. The third-order valence-electron chi connectivity index (χ3n) is 3.32. The van der Waals surface area contributed by atoms with Crippen molar-refractivity contribution < 1.29 is 14.3 Å². The zero-order valence-corrected chi connectivity index (χ0v) is 13.3. The fourth-order valence-electron chi connectivity index (χ4n) is 2.05. The van der Waals surface area contributed by atoms with Crippen LogP contribution in [0, 0.1) is 22.7 Å². The normalized spacial score (nSPS) is 9.62. The highest BCUT2D eigenvalue weighted by atomic mass is 16.5. The van der Waals surface area contributed by atoms with E-state index in [1.165, 1.54) is 6.07 Å². The second kappa shape index (κ2) is 8.36. The van der Waals surface area contributed by atoms with Crippen LogP contribution in [-0.4, -0.2) is 12.6 Å². The van der Waals surface area contributed by atoms with Crippen molar-refractivity contribution in [1.82, 2.24) is 0 Å². The monoisotopic (exact) mass is 320 g/mol. The number of carbonyl (C=O) groups is 1. The molecule has 2 aromatic rings. The summed E-state index contributed by atoms with van der Waals surface area (Å²) in [5.41, 5.74) is 0.631. The Hall–Kier alpha value is -3.31. The Morgan fingerprint density at radius 1 is 1.04 bits per heavy atom. The Morgan fingerprint density at radius 2 is 1.79 bits per heavy atom. The first kappa shape index (κ1) is 17.1. The largest absolute Gasteiger partial charge is 0.462 e. The molecule has 0 aliphatic carbocycles. The lowest BCUT2D eigenvalue weighted by Gasteiger charge is -2.12. The topological polar surface area (TPSA) is 83.1 Å². The van der Waals surface area contributed by atoms with Crippen LogP contribution in [0.3, 0.4) is 0 Å². The van der Waals surface area contributed by atoms with E-state index in [2.05, 4.69) is 0 Å². The van der Waals surface area contributed by atoms with Crippen LogP contribution in [0.5, 0.6) is 11.5 Å². The van der Waals surface area contributed by atoms with Crippen LogP contribution in [0.15, 0.2) is 42.5 Å². The van der Waals surface area contributed by atoms with E-state index >= 15 is 0 Å². The molecule has 0 bridgehead atoms. The van der Waals surface area contributed by atoms with E-state index in [4.69, 9.17) is 14.7 Å². The first-order chi connectivity index (χ1) is 11.7. The molecule has 0 saturated carbocycles. The molecule has 0 N–H and O–H groups in total. The van der Waals surface area contributed by atoms with Crippen LogP contribution >= 0.6 is 0 Å². The van der Waals surface area contributed by atoms with Crippen LogP contribution in [0.1, 0.15) is 41.3 Å². The van der Waals surface area contributed by atoms with Gasteiger partial charge in [0, 0.05) is 0 Å². The van der Waals surface area contributed by atoms with Crippen molar-refractivity contribution in [2.45, 2.75) is 19.8 Å². The molecule has 0 amide bonds. The number of hydrogen-bond donors (Lipinski definition) is 0. The van der Waals surface area contributed by atoms with Crippen LogP contribution in [0.4, 0.5) is 0 Å². The molecule has 0 radical (unpaired) electrons. The van der Waals surface area contributed by atoms with Gasteiger partial charge in [-0.3, -0.25) is 0 Å². The van der Waals surface area contributed by atoms with E-state index in [0.29, 0.717) is 6.61 Å². The van der Waals surface area contributed by atoms with E-state index in [1.54, 1.807) is 36.4 Å². The molecular formula is C19H16N2O3. The third-order valence-corrected chi connectivity index (χ3v) is 3.32. The highest BCUT2D eigenvalue weighted by Gasteiger charge is 2.16. The maximum Gasteiger partial charge on any atom is 0.341 e. The SMILES string of the molecule is CCCCOC(=O)c1ccccc1Oc1cccc(C#N)c1C#N. The Labute approximate surface area is 140 Å². The van der Waals surface area contributed by atoms with Gasteiger partial charge in [0.2, 0.25) is 0 Å². The predicted molar refractivity (Wildman–Crippen MR) is 87.6 cm³/mol. The summed E-state index contributed by atoms with van der Waals surface area (Å²) >= 11 is 0. The molecule has 0 aliphatic heterocycles. The van der Waals surface area contributed by atoms with Gasteiger partial charge in [0.15, 0.2) is 0 Å². The summed E-state index contributed by atoms with van der Waals surface area (Å²) in [6.07, 6.45) is 1.72. The summed E-state index contributed by atoms with van der Waals surface area (Å²) in [7, 11) is 0. The molecule has 0 atom stereocenters. The average Bonchev–Trinajstić information content (AvgIpc) is 2.62. The zero-order valence-electron chi connectivity index (χ0n) is 13.3. The Balaban J connectivity index is 2.31. The lowest BCUT2D eigenvalue weighted by molar-refractivity contribution is 0.0497. The van der Waals surface area contributed by atoms with Gasteiger partial charge in [-0.15, -0.1) is 0 Å². The number of benzene rings is 2. The van der Waals surface area contributed by atoms with Crippen LogP contribution in [0.2, 0.25) is 0 Å². The summed E-state index contributed by atoms with van der Waals surface area (Å²) in [6, 6.07) is 15.3. The van der Waals surface area contributed by atoms with Crippen LogP contribution in [-0.2, 0) is 4.74 Å². The summed E-state index contributed by atoms with van der Waals surface area (Å²) < 4.78 is 10.9. The second-order valence-electron chi connectivity index (χ2n) is 4.99. The van der Waals surface area contributed by atoms with Crippen LogP contribution in [0.25, 0.3) is 0 Å². The van der Waals surface area contributed by atoms with Gasteiger partial charge >= 0.3 is 5.97 Å². The highest BCUT2D eigenvalue weighted by Crippen LogP contribution is 2.29. The zero-order chi connectivity index (χ0) is 17.4. The summed E-state index contributed by atoms with van der Waals surface area (Å²) in [4.78, 5) is 12.2. The fourth-order valence-corrected chi connectivity index (χ4v) is 2.05. The van der Waals surface area contributed by atoms with Crippen molar-refractivity contribution in [1.29, 1.82) is 10.5 Å². The summed E-state index contributed by atoms with van der Waals surface area (Å²) in [6.45, 7) is 2.35. The maximum absolute atomic E-state index is 12.2. The number of carbonyl (C=O) groups excluding carboxylic acids is 1. The third kappa shape index (κ3) is 3.91. The van der Waals surface area contributed by atoms with E-state index in [-0.39, 0.29) is 28.2 Å². The minimum atomic E-state index is -0.478. The second-order valence-corrected chi connectivity index (χ2v) is 4.99. The molecule has 0 fully saturated rings. The van der Waals surface area contributed by atoms with Crippen molar-refractivity contribution in [3.63, 3.8) is 0 Å². The number of ether oxygens (including phenoxy) is 2.